The van der Waals surface area contributed by atoms with Gasteiger partial charge in [-0.1, -0.05) is 26.7 Å². The first kappa shape index (κ1) is 20.6. The summed E-state index contributed by atoms with van der Waals surface area (Å²) in [5, 5.41) is 2.82. The fraction of sp³-hybridized carbons (Fsp3) is 0.812. The van der Waals surface area contributed by atoms with E-state index in [1.54, 1.807) is 20.8 Å². The number of ether oxygens (including phenoxy) is 1. The van der Waals surface area contributed by atoms with Crippen molar-refractivity contribution < 1.29 is 19.1 Å². The van der Waals surface area contributed by atoms with Crippen LogP contribution in [-0.2, 0) is 14.3 Å². The highest BCUT2D eigenvalue weighted by Crippen LogP contribution is 2.23. The van der Waals surface area contributed by atoms with Crippen LogP contribution in [0.4, 0.5) is 4.79 Å². The van der Waals surface area contributed by atoms with Gasteiger partial charge in [-0.3, -0.25) is 14.5 Å². The minimum absolute atomic E-state index is 0.334. The quantitative estimate of drug-likeness (QED) is 0.656. The van der Waals surface area contributed by atoms with Crippen molar-refractivity contribution in [2.75, 3.05) is 6.54 Å². The van der Waals surface area contributed by atoms with Crippen LogP contribution < -0.4 is 10.0 Å². The molecule has 8 heteroatoms. The van der Waals surface area contributed by atoms with Crippen LogP contribution in [0, 0.1) is 0 Å². The molecule has 0 aromatic heterocycles. The zero-order chi connectivity index (χ0) is 18.5. The molecule has 1 fully saturated rings. The molecule has 1 rings (SSSR count). The minimum Gasteiger partial charge on any atom is -0.444 e. The number of rotatable bonds is 5. The summed E-state index contributed by atoms with van der Waals surface area (Å²) in [4.78, 5) is 38.6. The van der Waals surface area contributed by atoms with Crippen molar-refractivity contribution in [2.24, 2.45) is 0 Å². The predicted molar refractivity (Wildman–Crippen MR) is 94.5 cm³/mol. The Kier molecular flexibility index (Phi) is 6.95. The first-order chi connectivity index (χ1) is 11.1. The number of likely N-dealkylation sites (tertiary alicyclic amines) is 1. The van der Waals surface area contributed by atoms with E-state index in [0.717, 1.165) is 6.42 Å². The molecule has 24 heavy (non-hydrogen) atoms. The Labute approximate surface area is 149 Å². The van der Waals surface area contributed by atoms with Crippen molar-refractivity contribution in [1.29, 1.82) is 0 Å². The van der Waals surface area contributed by atoms with Crippen molar-refractivity contribution in [3.05, 3.63) is 0 Å². The van der Waals surface area contributed by atoms with Gasteiger partial charge in [-0.05, 0) is 46.5 Å². The molecule has 0 aromatic rings. The smallest absolute Gasteiger partial charge is 0.410 e. The molecule has 1 unspecified atom stereocenters. The third-order valence-electron chi connectivity index (χ3n) is 4.29. The van der Waals surface area contributed by atoms with Crippen LogP contribution in [0.3, 0.4) is 0 Å². The number of carbonyl (C=O) groups is 3. The Morgan fingerprint density at radius 3 is 2.25 bits per heavy atom. The molecule has 0 bridgehead atoms. The normalized spacial score (nSPS) is 18.2. The molecule has 7 nitrogen and oxygen atoms in total. The number of hydrogen-bond donors (Lipinski definition) is 3. The van der Waals surface area contributed by atoms with Crippen molar-refractivity contribution >= 4 is 30.7 Å². The topological polar surface area (TPSA) is 87.7 Å². The molecular formula is C16H29N3O4S. The van der Waals surface area contributed by atoms with E-state index in [9.17, 15) is 14.4 Å². The Bertz CT molecular complexity index is 486. The SMILES string of the molecule is CCC(CC)(NC(=O)C1CCCN1C(=O)OC(C)(C)C)C(=O)NS. The fourth-order valence-electron chi connectivity index (χ4n) is 2.81. The Morgan fingerprint density at radius 1 is 1.21 bits per heavy atom. The number of nitrogens with one attached hydrogen (secondary N) is 2. The van der Waals surface area contributed by atoms with Crippen LogP contribution >= 0.6 is 12.8 Å². The Balaban J connectivity index is 2.88. The maximum atomic E-state index is 12.7. The largest absolute Gasteiger partial charge is 0.444 e. The molecule has 0 aromatic carbocycles. The fourth-order valence-corrected chi connectivity index (χ4v) is 3.02. The molecule has 1 aliphatic rings. The molecule has 0 radical (unpaired) electrons. The summed E-state index contributed by atoms with van der Waals surface area (Å²) in [5.74, 6) is -0.690. The third-order valence-corrected chi connectivity index (χ3v) is 4.49. The molecule has 3 amide bonds. The lowest BCUT2D eigenvalue weighted by molar-refractivity contribution is -0.134. The zero-order valence-corrected chi connectivity index (χ0v) is 16.0. The summed E-state index contributed by atoms with van der Waals surface area (Å²) in [5.41, 5.74) is -1.65. The summed E-state index contributed by atoms with van der Waals surface area (Å²) < 4.78 is 7.67. The average Bonchev–Trinajstić information content (AvgIpc) is 3.00. The summed E-state index contributed by atoms with van der Waals surface area (Å²) >= 11 is 3.81. The second-order valence-electron chi connectivity index (χ2n) is 7.05. The summed E-state index contributed by atoms with van der Waals surface area (Å²) in [7, 11) is 0. The number of carbonyl (C=O) groups excluding carboxylic acids is 3. The van der Waals surface area contributed by atoms with Gasteiger partial charge in [0.25, 0.3) is 5.91 Å². The molecule has 1 saturated heterocycles. The standard InChI is InChI=1S/C16H29N3O4S/c1-6-16(7-2,13(21)18-24)17-12(20)11-9-8-10-19(11)14(22)23-15(3,4)5/h11,24H,6-10H2,1-5H3,(H,17,20)(H,18,21). The van der Waals surface area contributed by atoms with E-state index < -0.39 is 23.3 Å². The van der Waals surface area contributed by atoms with Gasteiger partial charge in [0.15, 0.2) is 0 Å². The van der Waals surface area contributed by atoms with Gasteiger partial charge in [0.2, 0.25) is 5.91 Å². The highest BCUT2D eigenvalue weighted by Gasteiger charge is 2.42. The maximum Gasteiger partial charge on any atom is 0.410 e. The van der Waals surface area contributed by atoms with E-state index in [4.69, 9.17) is 4.74 Å². The van der Waals surface area contributed by atoms with Crippen LogP contribution in [-0.4, -0.2) is 46.5 Å². The Morgan fingerprint density at radius 2 is 1.79 bits per heavy atom. The van der Waals surface area contributed by atoms with E-state index in [2.05, 4.69) is 22.9 Å². The van der Waals surface area contributed by atoms with E-state index in [-0.39, 0.29) is 11.8 Å². The molecule has 0 spiro atoms. The highest BCUT2D eigenvalue weighted by atomic mass is 32.1. The lowest BCUT2D eigenvalue weighted by atomic mass is 9.91. The van der Waals surface area contributed by atoms with Gasteiger partial charge < -0.3 is 14.8 Å². The molecular weight excluding hydrogens is 330 g/mol. The first-order valence-electron chi connectivity index (χ1n) is 8.36. The van der Waals surface area contributed by atoms with Gasteiger partial charge in [-0.15, -0.1) is 0 Å². The summed E-state index contributed by atoms with van der Waals surface area (Å²) in [6, 6.07) is -0.620. The molecule has 0 aliphatic carbocycles. The van der Waals surface area contributed by atoms with Gasteiger partial charge in [0.1, 0.15) is 17.2 Å². The number of hydrogen-bond acceptors (Lipinski definition) is 5. The number of amides is 3. The van der Waals surface area contributed by atoms with E-state index in [1.807, 2.05) is 13.8 Å². The van der Waals surface area contributed by atoms with E-state index in [1.165, 1.54) is 4.90 Å². The average molecular weight is 359 g/mol. The van der Waals surface area contributed by atoms with Crippen LogP contribution in [0.2, 0.25) is 0 Å². The van der Waals surface area contributed by atoms with Crippen LogP contribution in [0.25, 0.3) is 0 Å². The molecule has 1 heterocycles. The number of nitrogens with zero attached hydrogens (tertiary/aromatic N) is 1. The predicted octanol–water partition coefficient (Wildman–Crippen LogP) is 2.02. The van der Waals surface area contributed by atoms with E-state index in [0.29, 0.717) is 25.8 Å². The summed E-state index contributed by atoms with van der Waals surface area (Å²) in [6.07, 6.45) is 1.64. The molecule has 2 N–H and O–H groups in total. The van der Waals surface area contributed by atoms with Crippen LogP contribution in [0.1, 0.15) is 60.3 Å². The first-order valence-corrected chi connectivity index (χ1v) is 8.81. The highest BCUT2D eigenvalue weighted by molar-refractivity contribution is 7.78. The van der Waals surface area contributed by atoms with Crippen LogP contribution in [0.15, 0.2) is 0 Å². The molecule has 1 aliphatic heterocycles. The van der Waals surface area contributed by atoms with Gasteiger partial charge in [-0.2, -0.15) is 0 Å². The van der Waals surface area contributed by atoms with Gasteiger partial charge in [0, 0.05) is 6.54 Å². The maximum absolute atomic E-state index is 12.7. The number of thiol groups is 1. The van der Waals surface area contributed by atoms with Gasteiger partial charge in [-0.25, -0.2) is 4.79 Å². The van der Waals surface area contributed by atoms with Crippen molar-refractivity contribution in [3.63, 3.8) is 0 Å². The second-order valence-corrected chi connectivity index (χ2v) is 7.27. The molecule has 0 saturated carbocycles. The van der Waals surface area contributed by atoms with Gasteiger partial charge >= 0.3 is 6.09 Å². The van der Waals surface area contributed by atoms with Crippen molar-refractivity contribution in [3.8, 4) is 0 Å². The van der Waals surface area contributed by atoms with Crippen LogP contribution in [0.5, 0.6) is 0 Å². The zero-order valence-electron chi connectivity index (χ0n) is 15.1. The lowest BCUT2D eigenvalue weighted by Crippen LogP contribution is -2.60. The Hall–Kier alpha value is -1.44. The van der Waals surface area contributed by atoms with Crippen molar-refractivity contribution in [2.45, 2.75) is 77.5 Å². The van der Waals surface area contributed by atoms with Crippen molar-refractivity contribution in [1.82, 2.24) is 14.9 Å². The molecule has 1 atom stereocenters. The summed E-state index contributed by atoms with van der Waals surface area (Å²) in [6.45, 7) is 9.47. The van der Waals surface area contributed by atoms with E-state index >= 15 is 0 Å². The minimum atomic E-state index is -1.03. The monoisotopic (exact) mass is 359 g/mol. The third kappa shape index (κ3) is 4.78. The lowest BCUT2D eigenvalue weighted by Gasteiger charge is -2.34. The molecule has 138 valence electrons. The van der Waals surface area contributed by atoms with Gasteiger partial charge in [0.05, 0.1) is 0 Å². The second kappa shape index (κ2) is 8.09.